The smallest absolute Gasteiger partial charge is 0.335 e. The highest BCUT2D eigenvalue weighted by Crippen LogP contribution is 2.10. The second-order valence-corrected chi connectivity index (χ2v) is 4.74. The summed E-state index contributed by atoms with van der Waals surface area (Å²) in [6, 6.07) is 6.78. The number of carboxylic acids is 1. The molecule has 0 spiro atoms. The highest BCUT2D eigenvalue weighted by molar-refractivity contribution is 5.89. The van der Waals surface area contributed by atoms with Gasteiger partial charge in [0.15, 0.2) is 0 Å². The number of hydrogen-bond acceptors (Lipinski definition) is 2. The quantitative estimate of drug-likeness (QED) is 0.854. The van der Waals surface area contributed by atoms with E-state index in [-0.39, 0.29) is 12.1 Å². The average molecular weight is 264 g/mol. The summed E-state index contributed by atoms with van der Waals surface area (Å²) in [6.07, 6.45) is 0.518. The number of urea groups is 1. The molecule has 5 nitrogen and oxygen atoms in total. The third-order valence-electron chi connectivity index (χ3n) is 2.72. The van der Waals surface area contributed by atoms with Gasteiger partial charge < -0.3 is 15.3 Å². The molecule has 1 aromatic rings. The Morgan fingerprint density at radius 3 is 2.53 bits per heavy atom. The first-order valence-corrected chi connectivity index (χ1v) is 6.24. The summed E-state index contributed by atoms with van der Waals surface area (Å²) < 4.78 is 0. The minimum Gasteiger partial charge on any atom is -0.478 e. The summed E-state index contributed by atoms with van der Waals surface area (Å²) in [7, 11) is 1.70. The van der Waals surface area contributed by atoms with Crippen LogP contribution in [-0.2, 0) is 6.42 Å². The third kappa shape index (κ3) is 4.62. The maximum atomic E-state index is 11.7. The number of likely N-dealkylation sites (N-methyl/N-ethyl adjacent to an activating group) is 1. The Labute approximate surface area is 113 Å². The van der Waals surface area contributed by atoms with Crippen molar-refractivity contribution in [2.75, 3.05) is 13.6 Å². The summed E-state index contributed by atoms with van der Waals surface area (Å²) in [5.74, 6) is -0.940. The topological polar surface area (TPSA) is 69.6 Å². The van der Waals surface area contributed by atoms with Gasteiger partial charge in [-0.05, 0) is 31.9 Å². The Hall–Kier alpha value is -2.04. The molecular formula is C14H20N2O3. The van der Waals surface area contributed by atoms with Crippen LogP contribution in [0.25, 0.3) is 0 Å². The van der Waals surface area contributed by atoms with E-state index < -0.39 is 5.97 Å². The SMILES string of the molecule is CC(C)NC(=O)N(C)CCc1ccccc1C(=O)O. The first-order valence-electron chi connectivity index (χ1n) is 6.24. The Kier molecular flexibility index (Phi) is 5.36. The third-order valence-corrected chi connectivity index (χ3v) is 2.72. The minimum absolute atomic E-state index is 0.0845. The van der Waals surface area contributed by atoms with Gasteiger partial charge in [0.05, 0.1) is 5.56 Å². The maximum absolute atomic E-state index is 11.7. The lowest BCUT2D eigenvalue weighted by molar-refractivity contribution is 0.0695. The molecule has 0 heterocycles. The average Bonchev–Trinajstić information content (AvgIpc) is 2.35. The normalized spacial score (nSPS) is 10.3. The Morgan fingerprint density at radius 2 is 1.95 bits per heavy atom. The number of carboxylic acid groups (broad SMARTS) is 1. The zero-order valence-electron chi connectivity index (χ0n) is 11.5. The second-order valence-electron chi connectivity index (χ2n) is 4.74. The number of rotatable bonds is 5. The van der Waals surface area contributed by atoms with Crippen molar-refractivity contribution in [2.45, 2.75) is 26.3 Å². The van der Waals surface area contributed by atoms with E-state index in [0.717, 1.165) is 5.56 Å². The molecule has 2 N–H and O–H groups in total. The molecule has 0 saturated heterocycles. The van der Waals surface area contributed by atoms with Crippen LogP contribution in [0.2, 0.25) is 0 Å². The molecule has 19 heavy (non-hydrogen) atoms. The van der Waals surface area contributed by atoms with Crippen molar-refractivity contribution in [1.82, 2.24) is 10.2 Å². The van der Waals surface area contributed by atoms with Gasteiger partial charge in [0, 0.05) is 19.6 Å². The number of carbonyl (C=O) groups excluding carboxylic acids is 1. The van der Waals surface area contributed by atoms with Crippen LogP contribution in [0.4, 0.5) is 4.79 Å². The van der Waals surface area contributed by atoms with Crippen LogP contribution in [-0.4, -0.2) is 41.6 Å². The molecule has 2 amide bonds. The molecule has 0 bridgehead atoms. The van der Waals surface area contributed by atoms with Crippen LogP contribution >= 0.6 is 0 Å². The zero-order chi connectivity index (χ0) is 14.4. The maximum Gasteiger partial charge on any atom is 0.335 e. The molecule has 1 aromatic carbocycles. The Bertz CT molecular complexity index is 458. The molecule has 0 radical (unpaired) electrons. The molecule has 0 aliphatic rings. The Balaban J connectivity index is 2.62. The van der Waals surface area contributed by atoms with E-state index in [9.17, 15) is 9.59 Å². The van der Waals surface area contributed by atoms with Crippen molar-refractivity contribution in [1.29, 1.82) is 0 Å². The summed E-state index contributed by atoms with van der Waals surface area (Å²) >= 11 is 0. The van der Waals surface area contributed by atoms with E-state index >= 15 is 0 Å². The van der Waals surface area contributed by atoms with Crippen molar-refractivity contribution >= 4 is 12.0 Å². The molecule has 0 unspecified atom stereocenters. The lowest BCUT2D eigenvalue weighted by atomic mass is 10.0. The number of amides is 2. The summed E-state index contributed by atoms with van der Waals surface area (Å²) in [4.78, 5) is 24.3. The second kappa shape index (κ2) is 6.78. The molecule has 0 fully saturated rings. The summed E-state index contributed by atoms with van der Waals surface area (Å²) in [5.41, 5.74) is 1.03. The van der Waals surface area contributed by atoms with E-state index in [2.05, 4.69) is 5.32 Å². The summed E-state index contributed by atoms with van der Waals surface area (Å²) in [5, 5.41) is 11.9. The molecule has 0 aromatic heterocycles. The summed E-state index contributed by atoms with van der Waals surface area (Å²) in [6.45, 7) is 4.26. The van der Waals surface area contributed by atoms with Crippen LogP contribution in [0.1, 0.15) is 29.8 Å². The molecule has 104 valence electrons. The Morgan fingerprint density at radius 1 is 1.32 bits per heavy atom. The lowest BCUT2D eigenvalue weighted by Gasteiger charge is -2.20. The fourth-order valence-corrected chi connectivity index (χ4v) is 1.69. The van der Waals surface area contributed by atoms with Crippen molar-refractivity contribution < 1.29 is 14.7 Å². The van der Waals surface area contributed by atoms with Crippen molar-refractivity contribution in [3.05, 3.63) is 35.4 Å². The predicted octanol–water partition coefficient (Wildman–Crippen LogP) is 1.98. The van der Waals surface area contributed by atoms with Gasteiger partial charge >= 0.3 is 12.0 Å². The first-order chi connectivity index (χ1) is 8.91. The monoisotopic (exact) mass is 264 g/mol. The fraction of sp³-hybridized carbons (Fsp3) is 0.429. The van der Waals surface area contributed by atoms with Crippen LogP contribution in [0.15, 0.2) is 24.3 Å². The highest BCUT2D eigenvalue weighted by Gasteiger charge is 2.12. The van der Waals surface area contributed by atoms with Crippen molar-refractivity contribution in [2.24, 2.45) is 0 Å². The molecule has 1 rings (SSSR count). The van der Waals surface area contributed by atoms with Crippen molar-refractivity contribution in [3.63, 3.8) is 0 Å². The van der Waals surface area contributed by atoms with Gasteiger partial charge in [-0.25, -0.2) is 9.59 Å². The molecule has 0 atom stereocenters. The van der Waals surface area contributed by atoms with Crippen LogP contribution in [0.5, 0.6) is 0 Å². The van der Waals surface area contributed by atoms with Gasteiger partial charge in [0.2, 0.25) is 0 Å². The number of carbonyl (C=O) groups is 2. The number of benzene rings is 1. The standard InChI is InChI=1S/C14H20N2O3/c1-10(2)15-14(19)16(3)9-8-11-6-4-5-7-12(11)13(17)18/h4-7,10H,8-9H2,1-3H3,(H,15,19)(H,17,18). The van der Waals surface area contributed by atoms with E-state index in [1.54, 1.807) is 36.2 Å². The number of hydrogen-bond donors (Lipinski definition) is 2. The highest BCUT2D eigenvalue weighted by atomic mass is 16.4. The molecule has 0 aliphatic heterocycles. The van der Waals surface area contributed by atoms with Crippen LogP contribution < -0.4 is 5.32 Å². The van der Waals surface area contributed by atoms with E-state index in [4.69, 9.17) is 5.11 Å². The van der Waals surface area contributed by atoms with Gasteiger partial charge in [-0.2, -0.15) is 0 Å². The largest absolute Gasteiger partial charge is 0.478 e. The van der Waals surface area contributed by atoms with Gasteiger partial charge in [-0.3, -0.25) is 0 Å². The number of nitrogens with zero attached hydrogens (tertiary/aromatic N) is 1. The fourth-order valence-electron chi connectivity index (χ4n) is 1.69. The minimum atomic E-state index is -0.940. The van der Waals surface area contributed by atoms with Gasteiger partial charge in [-0.1, -0.05) is 18.2 Å². The van der Waals surface area contributed by atoms with Crippen molar-refractivity contribution in [3.8, 4) is 0 Å². The molecule has 5 heteroatoms. The lowest BCUT2D eigenvalue weighted by Crippen LogP contribution is -2.41. The van der Waals surface area contributed by atoms with Gasteiger partial charge in [-0.15, -0.1) is 0 Å². The van der Waals surface area contributed by atoms with E-state index in [1.807, 2.05) is 13.8 Å². The predicted molar refractivity (Wildman–Crippen MR) is 73.4 cm³/mol. The van der Waals surface area contributed by atoms with Gasteiger partial charge in [0.25, 0.3) is 0 Å². The van der Waals surface area contributed by atoms with E-state index in [1.165, 1.54) is 0 Å². The number of aromatic carboxylic acids is 1. The van der Waals surface area contributed by atoms with Crippen LogP contribution in [0.3, 0.4) is 0 Å². The molecule has 0 aliphatic carbocycles. The molecular weight excluding hydrogens is 244 g/mol. The zero-order valence-corrected chi connectivity index (χ0v) is 11.5. The van der Waals surface area contributed by atoms with Crippen LogP contribution in [0, 0.1) is 0 Å². The van der Waals surface area contributed by atoms with Gasteiger partial charge in [0.1, 0.15) is 0 Å². The number of nitrogens with one attached hydrogen (secondary N) is 1. The van der Waals surface area contributed by atoms with E-state index in [0.29, 0.717) is 18.5 Å². The first kappa shape index (κ1) is 15.0. The molecule has 0 saturated carbocycles.